The predicted octanol–water partition coefficient (Wildman–Crippen LogP) is 0.649. The van der Waals surface area contributed by atoms with Gasteiger partial charge in [-0.1, -0.05) is 35.2 Å². The molecule has 4 nitrogen and oxygen atoms in total. The molecule has 0 fully saturated rings. The minimum absolute atomic E-state index is 0.146. The van der Waals surface area contributed by atoms with E-state index < -0.39 is 12.9 Å². The Bertz CT molecular complexity index is 496. The van der Waals surface area contributed by atoms with Crippen LogP contribution in [0.5, 0.6) is 0 Å². The van der Waals surface area contributed by atoms with E-state index in [4.69, 9.17) is 10.0 Å². The zero-order valence-electron chi connectivity index (χ0n) is 8.58. The number of halogens is 1. The van der Waals surface area contributed by atoms with Crippen LogP contribution < -0.4 is 5.46 Å². The Morgan fingerprint density at radius 3 is 2.82 bits per heavy atom. The lowest BCUT2D eigenvalue weighted by molar-refractivity contribution is 0.425. The number of hydrogen-bond donors (Lipinski definition) is 2. The summed E-state index contributed by atoms with van der Waals surface area (Å²) in [6, 6.07) is 4.16. The minimum Gasteiger partial charge on any atom is -0.423 e. The molecular weight excluding hydrogens is 262 g/mol. The molecule has 0 radical (unpaired) electrons. The zero-order chi connectivity index (χ0) is 12.3. The molecule has 1 aromatic carbocycles. The van der Waals surface area contributed by atoms with Gasteiger partial charge < -0.3 is 10.0 Å². The molecule has 1 aromatic heterocycles. The van der Waals surface area contributed by atoms with E-state index in [0.29, 0.717) is 11.3 Å². The van der Waals surface area contributed by atoms with Crippen LogP contribution in [-0.4, -0.2) is 27.4 Å². The number of benzene rings is 1. The van der Waals surface area contributed by atoms with Crippen molar-refractivity contribution in [1.82, 2.24) is 10.2 Å². The molecule has 0 spiro atoms. The maximum Gasteiger partial charge on any atom is 0.488 e. The second-order valence-corrected chi connectivity index (χ2v) is 5.27. The van der Waals surface area contributed by atoms with Crippen molar-refractivity contribution in [2.24, 2.45) is 0 Å². The molecule has 88 valence electrons. The first-order chi connectivity index (χ1) is 8.16. The smallest absolute Gasteiger partial charge is 0.423 e. The highest BCUT2D eigenvalue weighted by atomic mass is 32.2. The Hall–Kier alpha value is -0.955. The monoisotopic (exact) mass is 270 g/mol. The molecule has 0 amide bonds. The molecule has 2 rings (SSSR count). The summed E-state index contributed by atoms with van der Waals surface area (Å²) in [6.45, 7) is 0. The third kappa shape index (κ3) is 3.26. The van der Waals surface area contributed by atoms with Crippen molar-refractivity contribution >= 4 is 35.7 Å². The molecule has 2 N–H and O–H groups in total. The fraction of sp³-hybridized carbons (Fsp3) is 0.111. The van der Waals surface area contributed by atoms with Gasteiger partial charge in [-0.05, 0) is 17.1 Å². The maximum atomic E-state index is 13.6. The Kier molecular flexibility index (Phi) is 4.11. The van der Waals surface area contributed by atoms with Crippen LogP contribution in [0.4, 0.5) is 4.39 Å². The highest BCUT2D eigenvalue weighted by molar-refractivity contribution is 8.00. The summed E-state index contributed by atoms with van der Waals surface area (Å²) in [4.78, 5) is 0. The summed E-state index contributed by atoms with van der Waals surface area (Å²) in [5.74, 6) is -0.0179. The lowest BCUT2D eigenvalue weighted by Crippen LogP contribution is -2.30. The minimum atomic E-state index is -1.64. The van der Waals surface area contributed by atoms with Gasteiger partial charge in [0.2, 0.25) is 0 Å². The summed E-state index contributed by atoms with van der Waals surface area (Å²) in [5.41, 5.74) is 2.26. The third-order valence-electron chi connectivity index (χ3n) is 2.07. The van der Waals surface area contributed by atoms with Crippen LogP contribution in [0.1, 0.15) is 5.56 Å². The molecule has 2 aromatic rings. The maximum absolute atomic E-state index is 13.6. The van der Waals surface area contributed by atoms with Crippen LogP contribution in [0.25, 0.3) is 0 Å². The van der Waals surface area contributed by atoms with Crippen molar-refractivity contribution in [3.63, 3.8) is 0 Å². The van der Waals surface area contributed by atoms with Crippen LogP contribution in [0.15, 0.2) is 28.0 Å². The van der Waals surface area contributed by atoms with Gasteiger partial charge in [-0.2, -0.15) is 0 Å². The average Bonchev–Trinajstić information content (AvgIpc) is 2.80. The SMILES string of the molecule is OB(O)c1ccc(CSc2nncs2)c(F)c1. The van der Waals surface area contributed by atoms with Gasteiger partial charge in [0.1, 0.15) is 11.3 Å². The number of nitrogens with zero attached hydrogens (tertiary/aromatic N) is 2. The molecule has 0 aliphatic heterocycles. The zero-order valence-corrected chi connectivity index (χ0v) is 10.2. The summed E-state index contributed by atoms with van der Waals surface area (Å²) in [7, 11) is -1.64. The van der Waals surface area contributed by atoms with Crippen molar-refractivity contribution < 1.29 is 14.4 Å². The van der Waals surface area contributed by atoms with Crippen LogP contribution in [-0.2, 0) is 5.75 Å². The molecule has 0 aliphatic carbocycles. The van der Waals surface area contributed by atoms with E-state index in [1.54, 1.807) is 5.51 Å². The van der Waals surface area contributed by atoms with Gasteiger partial charge in [-0.3, -0.25) is 0 Å². The van der Waals surface area contributed by atoms with Crippen molar-refractivity contribution in [1.29, 1.82) is 0 Å². The Morgan fingerprint density at radius 1 is 1.41 bits per heavy atom. The lowest BCUT2D eigenvalue weighted by Gasteiger charge is -2.04. The van der Waals surface area contributed by atoms with Crippen molar-refractivity contribution in [2.45, 2.75) is 10.1 Å². The van der Waals surface area contributed by atoms with E-state index in [0.717, 1.165) is 10.4 Å². The number of aromatic nitrogens is 2. The van der Waals surface area contributed by atoms with Crippen molar-refractivity contribution in [3.8, 4) is 0 Å². The summed E-state index contributed by atoms with van der Waals surface area (Å²) in [5, 5.41) is 25.3. The highest BCUT2D eigenvalue weighted by Gasteiger charge is 2.13. The molecule has 0 aliphatic rings. The van der Waals surface area contributed by atoms with E-state index in [2.05, 4.69) is 10.2 Å². The predicted molar refractivity (Wildman–Crippen MR) is 65.7 cm³/mol. The first kappa shape index (κ1) is 12.5. The Morgan fingerprint density at radius 2 is 2.24 bits per heavy atom. The van der Waals surface area contributed by atoms with E-state index in [1.165, 1.54) is 35.2 Å². The molecule has 0 bridgehead atoms. The second-order valence-electron chi connectivity index (χ2n) is 3.22. The Labute approximate surface area is 106 Å². The van der Waals surface area contributed by atoms with Gasteiger partial charge in [-0.15, -0.1) is 10.2 Å². The lowest BCUT2D eigenvalue weighted by atomic mass is 9.80. The largest absolute Gasteiger partial charge is 0.488 e. The van der Waals surface area contributed by atoms with E-state index in [1.807, 2.05) is 0 Å². The van der Waals surface area contributed by atoms with E-state index in [-0.39, 0.29) is 5.46 Å². The Balaban J connectivity index is 2.06. The molecule has 8 heteroatoms. The van der Waals surface area contributed by atoms with Crippen LogP contribution in [0.3, 0.4) is 0 Å². The van der Waals surface area contributed by atoms with Gasteiger partial charge in [0, 0.05) is 5.75 Å². The van der Waals surface area contributed by atoms with Crippen LogP contribution in [0, 0.1) is 5.82 Å². The third-order valence-corrected chi connectivity index (χ3v) is 3.98. The van der Waals surface area contributed by atoms with Gasteiger partial charge in [0.25, 0.3) is 0 Å². The first-order valence-electron chi connectivity index (χ1n) is 4.70. The molecule has 17 heavy (non-hydrogen) atoms. The second kappa shape index (κ2) is 5.59. The molecular formula is C9H8BFN2O2S2. The normalized spacial score (nSPS) is 10.5. The average molecular weight is 270 g/mol. The summed E-state index contributed by atoms with van der Waals surface area (Å²) >= 11 is 2.78. The van der Waals surface area contributed by atoms with Crippen LogP contribution >= 0.6 is 23.1 Å². The number of thioether (sulfide) groups is 1. The molecule has 0 saturated heterocycles. The fourth-order valence-corrected chi connectivity index (χ4v) is 2.68. The molecule has 0 atom stereocenters. The van der Waals surface area contributed by atoms with Crippen LogP contribution in [0.2, 0.25) is 0 Å². The summed E-state index contributed by atoms with van der Waals surface area (Å²) in [6.07, 6.45) is 0. The van der Waals surface area contributed by atoms with E-state index >= 15 is 0 Å². The van der Waals surface area contributed by atoms with Gasteiger partial charge in [-0.25, -0.2) is 4.39 Å². The van der Waals surface area contributed by atoms with E-state index in [9.17, 15) is 4.39 Å². The molecule has 1 heterocycles. The molecule has 0 saturated carbocycles. The van der Waals surface area contributed by atoms with Gasteiger partial charge in [0.15, 0.2) is 4.34 Å². The summed E-state index contributed by atoms with van der Waals surface area (Å²) < 4.78 is 14.3. The quantitative estimate of drug-likeness (QED) is 0.630. The first-order valence-corrected chi connectivity index (χ1v) is 6.57. The molecule has 0 unspecified atom stereocenters. The van der Waals surface area contributed by atoms with Gasteiger partial charge in [0.05, 0.1) is 0 Å². The van der Waals surface area contributed by atoms with Crippen molar-refractivity contribution in [2.75, 3.05) is 0 Å². The highest BCUT2D eigenvalue weighted by Crippen LogP contribution is 2.24. The number of hydrogen-bond acceptors (Lipinski definition) is 6. The van der Waals surface area contributed by atoms with Crippen molar-refractivity contribution in [3.05, 3.63) is 35.1 Å². The van der Waals surface area contributed by atoms with Gasteiger partial charge >= 0.3 is 7.12 Å². The topological polar surface area (TPSA) is 66.2 Å². The number of rotatable bonds is 4. The standard InChI is InChI=1S/C9H8BFN2O2S2/c11-8-3-7(10(14)15)2-1-6(8)4-16-9-13-12-5-17-9/h1-3,5,14-15H,4H2. The fourth-order valence-electron chi connectivity index (χ4n) is 1.21.